The Labute approximate surface area is 182 Å². The van der Waals surface area contributed by atoms with Crippen LogP contribution >= 0.6 is 0 Å². The van der Waals surface area contributed by atoms with Gasteiger partial charge in [-0.1, -0.05) is 13.3 Å². The summed E-state index contributed by atoms with van der Waals surface area (Å²) in [5.74, 6) is 3.26. The molecule has 1 fully saturated rings. The van der Waals surface area contributed by atoms with E-state index >= 15 is 0 Å². The predicted molar refractivity (Wildman–Crippen MR) is 118 cm³/mol. The molecule has 2 aromatic heterocycles. The van der Waals surface area contributed by atoms with Crippen LogP contribution in [0.4, 0.5) is 5.88 Å². The Morgan fingerprint density at radius 1 is 1.23 bits per heavy atom. The molecule has 1 saturated heterocycles. The van der Waals surface area contributed by atoms with Gasteiger partial charge < -0.3 is 19.1 Å². The molecule has 8 heteroatoms. The molecule has 5 rings (SSSR count). The van der Waals surface area contributed by atoms with E-state index in [1.54, 1.807) is 13.3 Å². The lowest BCUT2D eigenvalue weighted by molar-refractivity contribution is 0.0945. The van der Waals surface area contributed by atoms with Crippen molar-refractivity contribution in [2.24, 2.45) is 9.98 Å². The molecular weight excluding hydrogens is 394 g/mol. The van der Waals surface area contributed by atoms with Crippen LogP contribution in [0.5, 0.6) is 0 Å². The van der Waals surface area contributed by atoms with Crippen molar-refractivity contribution in [3.05, 3.63) is 40.5 Å². The normalized spacial score (nSPS) is 20.5. The first kappa shape index (κ1) is 20.1. The van der Waals surface area contributed by atoms with Crippen molar-refractivity contribution in [3.8, 4) is 0 Å². The lowest BCUT2D eigenvalue weighted by atomic mass is 10.00. The van der Waals surface area contributed by atoms with Gasteiger partial charge in [0.05, 0.1) is 30.8 Å². The van der Waals surface area contributed by atoms with Gasteiger partial charge in [-0.25, -0.2) is 4.99 Å². The Morgan fingerprint density at radius 2 is 2.10 bits per heavy atom. The Hall–Kier alpha value is -2.87. The van der Waals surface area contributed by atoms with Gasteiger partial charge >= 0.3 is 0 Å². The van der Waals surface area contributed by atoms with Crippen LogP contribution in [0.2, 0.25) is 0 Å². The number of carbonyl (C=O) groups excluding carboxylic acids is 1. The maximum Gasteiger partial charge on any atom is 0.256 e. The molecule has 0 radical (unpaired) electrons. The summed E-state index contributed by atoms with van der Waals surface area (Å²) in [6.07, 6.45) is 6.72. The van der Waals surface area contributed by atoms with E-state index in [9.17, 15) is 4.79 Å². The average molecular weight is 424 g/mol. The van der Waals surface area contributed by atoms with E-state index in [4.69, 9.17) is 8.83 Å². The summed E-state index contributed by atoms with van der Waals surface area (Å²) >= 11 is 0. The molecule has 0 unspecified atom stereocenters. The Morgan fingerprint density at radius 3 is 2.97 bits per heavy atom. The summed E-state index contributed by atoms with van der Waals surface area (Å²) < 4.78 is 11.8. The molecule has 0 saturated carbocycles. The van der Waals surface area contributed by atoms with E-state index in [1.807, 2.05) is 17.0 Å². The van der Waals surface area contributed by atoms with Gasteiger partial charge in [-0.2, -0.15) is 0 Å². The molecular formula is C23H29N5O3. The molecule has 3 aliphatic heterocycles. The molecule has 8 nitrogen and oxygen atoms in total. The number of carbonyl (C=O) groups is 1. The Balaban J connectivity index is 1.25. The van der Waals surface area contributed by atoms with Gasteiger partial charge in [-0.05, 0) is 44.9 Å². The molecule has 164 valence electrons. The van der Waals surface area contributed by atoms with Crippen LogP contribution in [-0.4, -0.2) is 53.6 Å². The summed E-state index contributed by atoms with van der Waals surface area (Å²) in [7, 11) is 0. The first-order valence-corrected chi connectivity index (χ1v) is 11.2. The zero-order valence-electron chi connectivity index (χ0n) is 18.2. The van der Waals surface area contributed by atoms with Crippen LogP contribution in [0.25, 0.3) is 0 Å². The minimum atomic E-state index is -0.200. The van der Waals surface area contributed by atoms with E-state index in [0.717, 1.165) is 37.0 Å². The lowest BCUT2D eigenvalue weighted by Gasteiger charge is -2.34. The molecule has 31 heavy (non-hydrogen) atoms. The fourth-order valence-electron chi connectivity index (χ4n) is 4.81. The smallest absolute Gasteiger partial charge is 0.256 e. The van der Waals surface area contributed by atoms with Crippen molar-refractivity contribution in [1.82, 2.24) is 15.1 Å². The number of nitrogens with one attached hydrogen (secondary N) is 1. The molecule has 5 heterocycles. The van der Waals surface area contributed by atoms with Crippen LogP contribution < -0.4 is 5.32 Å². The first-order chi connectivity index (χ1) is 15.1. The monoisotopic (exact) mass is 423 g/mol. The van der Waals surface area contributed by atoms with Crippen molar-refractivity contribution in [3.63, 3.8) is 0 Å². The lowest BCUT2D eigenvalue weighted by Crippen LogP contribution is -2.38. The molecule has 1 atom stereocenters. The molecule has 0 spiro atoms. The van der Waals surface area contributed by atoms with E-state index in [2.05, 4.69) is 27.1 Å². The van der Waals surface area contributed by atoms with Gasteiger partial charge in [-0.15, -0.1) is 0 Å². The maximum atomic E-state index is 13.0. The molecule has 1 N–H and O–H groups in total. The summed E-state index contributed by atoms with van der Waals surface area (Å²) in [6, 6.07) is 4.61. The van der Waals surface area contributed by atoms with Crippen molar-refractivity contribution in [1.29, 1.82) is 0 Å². The van der Waals surface area contributed by atoms with Gasteiger partial charge in [-0.3, -0.25) is 14.7 Å². The third kappa shape index (κ3) is 3.80. The highest BCUT2D eigenvalue weighted by molar-refractivity contribution is 6.17. The first-order valence-electron chi connectivity index (χ1n) is 11.2. The van der Waals surface area contributed by atoms with Crippen molar-refractivity contribution >= 4 is 24.0 Å². The highest BCUT2D eigenvalue weighted by Gasteiger charge is 2.33. The second-order valence-corrected chi connectivity index (χ2v) is 8.44. The van der Waals surface area contributed by atoms with E-state index in [1.165, 1.54) is 25.7 Å². The fourth-order valence-corrected chi connectivity index (χ4v) is 4.81. The number of nitrogens with zero attached hydrogens (tertiary/aromatic N) is 4. The van der Waals surface area contributed by atoms with Gasteiger partial charge in [0.2, 0.25) is 5.88 Å². The van der Waals surface area contributed by atoms with Crippen molar-refractivity contribution in [2.75, 3.05) is 19.6 Å². The number of likely N-dealkylation sites (tertiary alicyclic amines) is 1. The van der Waals surface area contributed by atoms with Crippen LogP contribution in [0.1, 0.15) is 65.8 Å². The summed E-state index contributed by atoms with van der Waals surface area (Å²) in [4.78, 5) is 26.4. The predicted octanol–water partition coefficient (Wildman–Crippen LogP) is 3.61. The fraction of sp³-hybridized carbons (Fsp3) is 0.522. The van der Waals surface area contributed by atoms with Gasteiger partial charge in [0.25, 0.3) is 5.91 Å². The van der Waals surface area contributed by atoms with Crippen LogP contribution in [0.15, 0.2) is 31.0 Å². The van der Waals surface area contributed by atoms with Crippen molar-refractivity contribution < 1.29 is 13.6 Å². The highest BCUT2D eigenvalue weighted by atomic mass is 16.4. The summed E-state index contributed by atoms with van der Waals surface area (Å²) in [5, 5.41) is 2.98. The number of hydrogen-bond acceptors (Lipinski definition) is 7. The second kappa shape index (κ2) is 8.34. The molecule has 2 aromatic rings. The van der Waals surface area contributed by atoms with E-state index < -0.39 is 0 Å². The van der Waals surface area contributed by atoms with Crippen LogP contribution in [0, 0.1) is 6.92 Å². The van der Waals surface area contributed by atoms with Crippen LogP contribution in [0.3, 0.4) is 0 Å². The number of rotatable bonds is 6. The van der Waals surface area contributed by atoms with Crippen LogP contribution in [-0.2, 0) is 13.1 Å². The average Bonchev–Trinajstić information content (AvgIpc) is 3.50. The number of hydrogen-bond donors (Lipinski definition) is 1. The highest BCUT2D eigenvalue weighted by Crippen LogP contribution is 2.34. The Bertz CT molecular complexity index is 1030. The number of aliphatic imine (C=N–C) groups is 2. The largest absolute Gasteiger partial charge is 0.463 e. The molecule has 0 aliphatic carbocycles. The van der Waals surface area contributed by atoms with Gasteiger partial charge in [0.15, 0.2) is 0 Å². The summed E-state index contributed by atoms with van der Waals surface area (Å²) in [6.45, 7) is 7.79. The number of amides is 1. The number of fused-ring (bicyclic) bond motifs is 3. The number of furan rings is 2. The molecule has 1 amide bonds. The topological polar surface area (TPSA) is 86.6 Å². The third-order valence-electron chi connectivity index (χ3n) is 6.42. The third-order valence-corrected chi connectivity index (χ3v) is 6.42. The standard InChI is InChI=1S/C23H29N5O3/c1-3-16-6-4-5-10-27(16)13-18-8-7-17(31-18)12-25-22(29)19-15(2)30-23-20(19)21-24-9-11-28(21)14-26-23/h7-8,14,16H,3-6,9-13H2,1-2H3,(H,25,29)/t16-/m1/s1. The minimum absolute atomic E-state index is 0.200. The number of aryl methyl sites for hydroxylation is 1. The van der Waals surface area contributed by atoms with E-state index in [0.29, 0.717) is 41.9 Å². The zero-order valence-corrected chi connectivity index (χ0v) is 18.2. The quantitative estimate of drug-likeness (QED) is 0.767. The second-order valence-electron chi connectivity index (χ2n) is 8.44. The van der Waals surface area contributed by atoms with Gasteiger partial charge in [0.1, 0.15) is 29.5 Å². The zero-order chi connectivity index (χ0) is 21.4. The SMILES string of the molecule is CC[C@@H]1CCCCN1Cc1ccc(CNC(=O)c2c(C)oc3c2C2=NCCN2C=N3)o1. The molecule has 3 aliphatic rings. The minimum Gasteiger partial charge on any atom is -0.463 e. The van der Waals surface area contributed by atoms with Gasteiger partial charge in [0, 0.05) is 12.6 Å². The molecule has 0 aromatic carbocycles. The van der Waals surface area contributed by atoms with E-state index in [-0.39, 0.29) is 5.91 Å². The Kier molecular flexibility index (Phi) is 5.40. The van der Waals surface area contributed by atoms with Crippen molar-refractivity contribution in [2.45, 2.75) is 58.7 Å². The summed E-state index contributed by atoms with van der Waals surface area (Å²) in [5.41, 5.74) is 1.19. The maximum absolute atomic E-state index is 13.0. The number of piperidine rings is 1. The molecule has 0 bridgehead atoms. The number of amidine groups is 1.